The quantitative estimate of drug-likeness (QED) is 0.636. The first-order valence-electron chi connectivity index (χ1n) is 5.08. The molecule has 0 saturated heterocycles. The van der Waals surface area contributed by atoms with Gasteiger partial charge in [-0.3, -0.25) is 0 Å². The van der Waals surface area contributed by atoms with Gasteiger partial charge in [0, 0.05) is 0 Å². The van der Waals surface area contributed by atoms with Crippen molar-refractivity contribution in [2.24, 2.45) is 0 Å². The van der Waals surface area contributed by atoms with Gasteiger partial charge in [0.05, 0.1) is 0 Å². The number of aryl methyl sites for hydroxylation is 1. The summed E-state index contributed by atoms with van der Waals surface area (Å²) in [6.07, 6.45) is 3.81. The molecular weight excluding hydrogens is 175 g/mol. The molecule has 0 aliphatic heterocycles. The van der Waals surface area contributed by atoms with Crippen LogP contribution >= 0.6 is 9.24 Å². The number of hydrogen-bond acceptors (Lipinski definition) is 0. The summed E-state index contributed by atoms with van der Waals surface area (Å²) in [7, 11) is 2.82. The lowest BCUT2D eigenvalue weighted by Gasteiger charge is -2.06. The van der Waals surface area contributed by atoms with Crippen molar-refractivity contribution >= 4 is 9.24 Å². The largest absolute Gasteiger partial charge is 0.130 e. The van der Waals surface area contributed by atoms with Gasteiger partial charge in [-0.15, -0.1) is 9.24 Å². The van der Waals surface area contributed by atoms with Gasteiger partial charge < -0.3 is 0 Å². The number of hydrogen-bond donors (Lipinski definition) is 0. The lowest BCUT2D eigenvalue weighted by molar-refractivity contribution is 0.794. The summed E-state index contributed by atoms with van der Waals surface area (Å²) in [6.45, 7) is 4.44. The fourth-order valence-electron chi connectivity index (χ4n) is 1.37. The first kappa shape index (κ1) is 10.7. The second-order valence-corrected chi connectivity index (χ2v) is 4.63. The first-order valence-corrected chi connectivity index (χ1v) is 5.75. The van der Waals surface area contributed by atoms with Crippen molar-refractivity contribution in [3.8, 4) is 0 Å². The first-order chi connectivity index (χ1) is 6.24. The van der Waals surface area contributed by atoms with E-state index < -0.39 is 0 Å². The Morgan fingerprint density at radius 1 is 1.23 bits per heavy atom. The number of unbranched alkanes of at least 4 members (excludes halogenated alkanes) is 1. The van der Waals surface area contributed by atoms with Crippen molar-refractivity contribution in [1.29, 1.82) is 0 Å². The Labute approximate surface area is 84.0 Å². The van der Waals surface area contributed by atoms with E-state index in [0.717, 1.165) is 0 Å². The summed E-state index contributed by atoms with van der Waals surface area (Å²) in [5.74, 6) is 0. The fraction of sp³-hybridized carbons (Fsp3) is 0.500. The Morgan fingerprint density at radius 2 is 1.85 bits per heavy atom. The van der Waals surface area contributed by atoms with E-state index in [-0.39, 0.29) is 0 Å². The van der Waals surface area contributed by atoms with Crippen LogP contribution in [0.25, 0.3) is 0 Å². The molecule has 0 saturated carbocycles. The van der Waals surface area contributed by atoms with E-state index in [4.69, 9.17) is 0 Å². The maximum absolute atomic E-state index is 2.82. The lowest BCUT2D eigenvalue weighted by Crippen LogP contribution is -1.87. The molecule has 2 unspecified atom stereocenters. The van der Waals surface area contributed by atoms with Gasteiger partial charge in [0.1, 0.15) is 0 Å². The molecule has 0 N–H and O–H groups in total. The monoisotopic (exact) mass is 194 g/mol. The van der Waals surface area contributed by atoms with E-state index >= 15 is 0 Å². The lowest BCUT2D eigenvalue weighted by atomic mass is 10.1. The van der Waals surface area contributed by atoms with Gasteiger partial charge in [0.15, 0.2) is 0 Å². The molecule has 2 atom stereocenters. The molecule has 0 amide bonds. The topological polar surface area (TPSA) is 0 Å². The summed E-state index contributed by atoms with van der Waals surface area (Å²) < 4.78 is 0. The van der Waals surface area contributed by atoms with Crippen LogP contribution in [-0.4, -0.2) is 0 Å². The molecule has 0 radical (unpaired) electrons. The van der Waals surface area contributed by atoms with Crippen molar-refractivity contribution in [3.63, 3.8) is 0 Å². The normalized spacial score (nSPS) is 12.8. The molecule has 0 fully saturated rings. The van der Waals surface area contributed by atoms with Crippen LogP contribution in [0.15, 0.2) is 24.3 Å². The highest BCUT2D eigenvalue weighted by molar-refractivity contribution is 7.17. The summed E-state index contributed by atoms with van der Waals surface area (Å²) in [5, 5.41) is 0. The van der Waals surface area contributed by atoms with E-state index in [1.54, 1.807) is 0 Å². The maximum Gasteiger partial charge on any atom is -0.00428 e. The third kappa shape index (κ3) is 3.48. The molecule has 0 spiro atoms. The molecule has 0 bridgehead atoms. The van der Waals surface area contributed by atoms with Crippen molar-refractivity contribution in [1.82, 2.24) is 0 Å². The van der Waals surface area contributed by atoms with Crippen LogP contribution in [0.4, 0.5) is 0 Å². The van der Waals surface area contributed by atoms with Crippen molar-refractivity contribution in [3.05, 3.63) is 35.4 Å². The second kappa shape index (κ2) is 5.40. The second-order valence-electron chi connectivity index (χ2n) is 3.63. The molecule has 1 rings (SSSR count). The van der Waals surface area contributed by atoms with E-state index in [1.807, 2.05) is 0 Å². The van der Waals surface area contributed by atoms with E-state index in [1.165, 1.54) is 30.4 Å². The molecule has 0 nitrogen and oxygen atoms in total. The Morgan fingerprint density at radius 3 is 2.31 bits per heavy atom. The van der Waals surface area contributed by atoms with Gasteiger partial charge in [-0.05, 0) is 29.6 Å². The van der Waals surface area contributed by atoms with Crippen LogP contribution in [-0.2, 0) is 6.42 Å². The molecule has 1 heteroatoms. The molecule has 0 aliphatic rings. The van der Waals surface area contributed by atoms with Crippen LogP contribution in [0.1, 0.15) is 43.5 Å². The van der Waals surface area contributed by atoms with Crippen LogP contribution in [0.5, 0.6) is 0 Å². The minimum Gasteiger partial charge on any atom is -0.130 e. The summed E-state index contributed by atoms with van der Waals surface area (Å²) >= 11 is 0. The molecule has 0 heterocycles. The summed E-state index contributed by atoms with van der Waals surface area (Å²) in [5.41, 5.74) is 3.45. The Hall–Kier alpha value is -0.350. The van der Waals surface area contributed by atoms with E-state index in [2.05, 4.69) is 47.4 Å². The highest BCUT2D eigenvalue weighted by atomic mass is 31.0. The van der Waals surface area contributed by atoms with Crippen LogP contribution in [0.3, 0.4) is 0 Å². The van der Waals surface area contributed by atoms with Gasteiger partial charge in [-0.25, -0.2) is 0 Å². The Bertz CT molecular complexity index is 236. The molecule has 0 aliphatic carbocycles. The van der Waals surface area contributed by atoms with Crippen molar-refractivity contribution < 1.29 is 0 Å². The summed E-state index contributed by atoms with van der Waals surface area (Å²) in [4.78, 5) is 0. The smallest absolute Gasteiger partial charge is 0.00428 e. The highest BCUT2D eigenvalue weighted by Gasteiger charge is 1.98. The average molecular weight is 194 g/mol. The van der Waals surface area contributed by atoms with Crippen molar-refractivity contribution in [2.75, 3.05) is 0 Å². The van der Waals surface area contributed by atoms with Gasteiger partial charge >= 0.3 is 0 Å². The minimum absolute atomic E-state index is 0.570. The SMILES string of the molecule is CCCCc1ccc(C(C)P)cc1. The van der Waals surface area contributed by atoms with Crippen LogP contribution in [0.2, 0.25) is 0 Å². The Balaban J connectivity index is 2.59. The Kier molecular flexibility index (Phi) is 4.45. The molecule has 1 aromatic rings. The van der Waals surface area contributed by atoms with Gasteiger partial charge in [0.25, 0.3) is 0 Å². The highest BCUT2D eigenvalue weighted by Crippen LogP contribution is 2.22. The minimum atomic E-state index is 0.570. The number of rotatable bonds is 4. The van der Waals surface area contributed by atoms with Gasteiger partial charge in [0.2, 0.25) is 0 Å². The fourth-order valence-corrected chi connectivity index (χ4v) is 1.59. The molecule has 72 valence electrons. The zero-order valence-corrected chi connectivity index (χ0v) is 9.74. The van der Waals surface area contributed by atoms with Crippen LogP contribution < -0.4 is 0 Å². The third-order valence-electron chi connectivity index (χ3n) is 2.32. The van der Waals surface area contributed by atoms with Crippen LogP contribution in [0, 0.1) is 0 Å². The molecular formula is C12H19P. The number of benzene rings is 1. The molecule has 13 heavy (non-hydrogen) atoms. The van der Waals surface area contributed by atoms with E-state index in [9.17, 15) is 0 Å². The van der Waals surface area contributed by atoms with E-state index in [0.29, 0.717) is 5.66 Å². The standard InChI is InChI=1S/C12H19P/c1-3-4-5-11-6-8-12(9-7-11)10(2)13/h6-10H,3-5,13H2,1-2H3. The zero-order chi connectivity index (χ0) is 9.68. The maximum atomic E-state index is 2.82. The average Bonchev–Trinajstić information content (AvgIpc) is 2.15. The van der Waals surface area contributed by atoms with Gasteiger partial charge in [-0.1, -0.05) is 44.5 Å². The predicted molar refractivity (Wildman–Crippen MR) is 63.2 cm³/mol. The van der Waals surface area contributed by atoms with Crippen molar-refractivity contribution in [2.45, 2.75) is 38.8 Å². The third-order valence-corrected chi connectivity index (χ3v) is 2.71. The molecule has 0 aromatic heterocycles. The zero-order valence-electron chi connectivity index (χ0n) is 8.59. The van der Waals surface area contributed by atoms with Gasteiger partial charge in [-0.2, -0.15) is 0 Å². The molecule has 1 aromatic carbocycles. The summed E-state index contributed by atoms with van der Waals surface area (Å²) in [6, 6.07) is 8.99. The predicted octanol–water partition coefficient (Wildman–Crippen LogP) is 3.97.